The Labute approximate surface area is 199 Å². The van der Waals surface area contributed by atoms with Gasteiger partial charge in [0.15, 0.2) is 0 Å². The van der Waals surface area contributed by atoms with E-state index in [9.17, 15) is 0 Å². The van der Waals surface area contributed by atoms with Crippen LogP contribution in [0, 0.1) is 47.6 Å². The first kappa shape index (κ1) is 63.3. The molecule has 2 aromatic rings. The first-order chi connectivity index (χ1) is 11.8. The van der Waals surface area contributed by atoms with E-state index in [0.717, 1.165) is 0 Å². The first-order valence-electron chi connectivity index (χ1n) is 5.47. The summed E-state index contributed by atoms with van der Waals surface area (Å²) in [5.41, 5.74) is 1.34. The summed E-state index contributed by atoms with van der Waals surface area (Å²) in [5, 5.41) is 0. The van der Waals surface area contributed by atoms with E-state index in [2.05, 4.69) is 52.3 Å². The molecule has 0 bridgehead atoms. The van der Waals surface area contributed by atoms with Gasteiger partial charge in [-0.1, -0.05) is 6.92 Å². The molecule has 0 spiro atoms. The Hall–Kier alpha value is -1.37. The summed E-state index contributed by atoms with van der Waals surface area (Å²) in [6.07, 6.45) is 1.50. The molecule has 0 aliphatic rings. The second-order valence-corrected chi connectivity index (χ2v) is 2.63. The maximum absolute atomic E-state index is 8.68. The Morgan fingerprint density at radius 3 is 1.18 bits per heavy atom. The van der Waals surface area contributed by atoms with Crippen LogP contribution in [0.1, 0.15) is 12.5 Å². The van der Waals surface area contributed by atoms with Crippen LogP contribution in [-0.4, -0.2) is 6.29 Å². The number of rotatable bonds is 0. The standard InChI is InChI=1S/C6H7.C5H5.C2H3O.5CO.CH3.2Fe.Mn/c1-6-4-2-3-5-6;1-2-4-5-3-1;1-2-3;5*1-2;;;;/h2-5H,1H3;1-5H;1H3;;;;;;1H3;;;/q3*-1;;;;;;-1;;+2;. The van der Waals surface area contributed by atoms with Gasteiger partial charge in [-0.15, -0.1) is 0 Å². The fourth-order valence-corrected chi connectivity index (χ4v) is 0.791. The second-order valence-electron chi connectivity index (χ2n) is 2.63. The van der Waals surface area contributed by atoms with Crippen molar-refractivity contribution < 1.29 is 79.3 Å². The minimum atomic E-state index is 0. The summed E-state index contributed by atoms with van der Waals surface area (Å²) in [5.74, 6) is 0. The molecule has 9 heteroatoms. The van der Waals surface area contributed by atoms with Crippen LogP contribution in [-0.2, 0) is 79.3 Å². The average molecular weight is 509 g/mol. The van der Waals surface area contributed by atoms with Crippen LogP contribution in [0.2, 0.25) is 0 Å². The molecule has 0 aromatic heterocycles. The molecule has 0 amide bonds. The molecule has 28 heavy (non-hydrogen) atoms. The fraction of sp³-hybridized carbons (Fsp3) is 0.105. The zero-order valence-corrected chi connectivity index (χ0v) is 18.6. The van der Waals surface area contributed by atoms with Gasteiger partial charge in [0.1, 0.15) is 0 Å². The molecule has 2 aromatic carbocycles. The van der Waals surface area contributed by atoms with E-state index in [4.69, 9.17) is 28.1 Å². The average Bonchev–Trinajstić information content (AvgIpc) is 3.41. The Morgan fingerprint density at radius 1 is 0.821 bits per heavy atom. The number of aryl methyl sites for hydroxylation is 1. The second kappa shape index (κ2) is 115. The molecule has 0 saturated heterocycles. The Morgan fingerprint density at radius 2 is 1.11 bits per heavy atom. The normalized spacial score (nSPS) is 4.14. The van der Waals surface area contributed by atoms with Gasteiger partial charge < -0.3 is 12.2 Å². The first-order valence-corrected chi connectivity index (χ1v) is 5.47. The predicted octanol–water partition coefficient (Wildman–Crippen LogP) is 3.49. The molecule has 2 rings (SSSR count). The third kappa shape index (κ3) is 122. The van der Waals surface area contributed by atoms with Crippen molar-refractivity contribution in [1.82, 2.24) is 0 Å². The third-order valence-electron chi connectivity index (χ3n) is 1.38. The number of hydrogen-bond acceptors (Lipinski definition) is 1. The monoisotopic (exact) mass is 509 g/mol. The molecular formula is C19H18Fe2MnO6-2. The maximum atomic E-state index is 8.68. The summed E-state index contributed by atoms with van der Waals surface area (Å²) in [4.78, 5) is 8.68. The van der Waals surface area contributed by atoms with Crippen LogP contribution in [0.25, 0.3) is 0 Å². The van der Waals surface area contributed by atoms with Crippen molar-refractivity contribution in [3.05, 3.63) is 101 Å². The van der Waals surface area contributed by atoms with Crippen LogP contribution < -0.4 is 0 Å². The molecule has 6 nitrogen and oxygen atoms in total. The largest absolute Gasteiger partial charge is 2.00 e. The van der Waals surface area contributed by atoms with Gasteiger partial charge in [-0.2, -0.15) is 43.3 Å². The van der Waals surface area contributed by atoms with Crippen molar-refractivity contribution >= 4 is 6.29 Å². The molecule has 0 unspecified atom stereocenters. The van der Waals surface area contributed by atoms with E-state index in [-0.39, 0.29) is 58.6 Å². The van der Waals surface area contributed by atoms with E-state index >= 15 is 0 Å². The molecular weight excluding hydrogens is 491 g/mol. The van der Waals surface area contributed by atoms with E-state index < -0.39 is 0 Å². The van der Waals surface area contributed by atoms with Crippen molar-refractivity contribution in [2.75, 3.05) is 0 Å². The van der Waals surface area contributed by atoms with Gasteiger partial charge in [0.25, 0.3) is 0 Å². The smallest absolute Gasteiger partial charge is 0.358 e. The van der Waals surface area contributed by atoms with Crippen molar-refractivity contribution in [1.29, 1.82) is 0 Å². The van der Waals surface area contributed by atoms with Crippen LogP contribution in [0.4, 0.5) is 0 Å². The SMILES string of the molecule is C[C-]=O.Cc1cc[cH-]c1.[C-]#[O+].[C-]#[O+].[C-]#[O+].[C-]#[O+].[C-]#[O+].[CH3-].[Fe+2].[Fe].[Mn].c1cc[cH-]c1. The van der Waals surface area contributed by atoms with Crippen molar-refractivity contribution in [3.8, 4) is 0 Å². The molecule has 0 atom stereocenters. The van der Waals surface area contributed by atoms with E-state index in [1.165, 1.54) is 18.8 Å². The minimum Gasteiger partial charge on any atom is -0.358 e. The van der Waals surface area contributed by atoms with Crippen LogP contribution in [0.5, 0.6) is 0 Å². The van der Waals surface area contributed by atoms with Crippen molar-refractivity contribution in [2.24, 2.45) is 0 Å². The summed E-state index contributed by atoms with van der Waals surface area (Å²) < 4.78 is 37.5. The summed E-state index contributed by atoms with van der Waals surface area (Å²) in [6.45, 7) is 25.9. The summed E-state index contributed by atoms with van der Waals surface area (Å²) in [6, 6.07) is 18.2. The quantitative estimate of drug-likeness (QED) is 0.302. The van der Waals surface area contributed by atoms with Crippen LogP contribution >= 0.6 is 0 Å². The summed E-state index contributed by atoms with van der Waals surface area (Å²) in [7, 11) is 0. The van der Waals surface area contributed by atoms with E-state index in [1.54, 1.807) is 0 Å². The molecule has 0 aliphatic carbocycles. The fourth-order valence-electron chi connectivity index (χ4n) is 0.791. The van der Waals surface area contributed by atoms with Gasteiger partial charge in [0.2, 0.25) is 0 Å². The van der Waals surface area contributed by atoms with E-state index in [1.807, 2.05) is 42.5 Å². The van der Waals surface area contributed by atoms with Gasteiger partial charge in [-0.3, -0.25) is 6.29 Å². The Kier molecular flexibility index (Phi) is 260. The van der Waals surface area contributed by atoms with E-state index in [0.29, 0.717) is 0 Å². The molecule has 0 fully saturated rings. The molecule has 0 heterocycles. The Bertz CT molecular complexity index is 435. The predicted molar refractivity (Wildman–Crippen MR) is 86.2 cm³/mol. The summed E-state index contributed by atoms with van der Waals surface area (Å²) >= 11 is 0. The van der Waals surface area contributed by atoms with Gasteiger partial charge in [-0.05, 0) is 0 Å². The van der Waals surface area contributed by atoms with Gasteiger partial charge in [-0.25, -0.2) is 23.8 Å². The zero-order valence-electron chi connectivity index (χ0n) is 15.2. The third-order valence-corrected chi connectivity index (χ3v) is 1.38. The maximum Gasteiger partial charge on any atom is 2.00 e. The molecule has 0 aliphatic heterocycles. The van der Waals surface area contributed by atoms with Gasteiger partial charge in [0, 0.05) is 34.1 Å². The zero-order chi connectivity index (χ0) is 20.6. The molecule has 1 radical (unpaired) electrons. The minimum absolute atomic E-state index is 0. The molecule has 0 saturated carbocycles. The van der Waals surface area contributed by atoms with Crippen molar-refractivity contribution in [2.45, 2.75) is 13.8 Å². The topological polar surface area (TPSA) is 117 Å². The van der Waals surface area contributed by atoms with Gasteiger partial charge in [0.05, 0.1) is 0 Å². The van der Waals surface area contributed by atoms with Crippen LogP contribution in [0.15, 0.2) is 54.6 Å². The number of hydrogen-bond donors (Lipinski definition) is 0. The molecule has 155 valence electrons. The molecule has 0 N–H and O–H groups in total. The number of carbonyl (C=O) groups excluding carboxylic acids is 1. The Balaban J connectivity index is -0.0000000172. The van der Waals surface area contributed by atoms with Crippen molar-refractivity contribution in [3.63, 3.8) is 0 Å². The van der Waals surface area contributed by atoms with Crippen LogP contribution in [0.3, 0.4) is 0 Å². The van der Waals surface area contributed by atoms with Gasteiger partial charge >= 0.3 is 73.6 Å².